The standard InChI is InChI=1S/C11H13BrN4O/c1-7-6-13-11-9(14-7)10(12)15-16(11)8-4-2-3-5-17-8/h6,8H,2-5H2,1H3/t8-/m0/s1. The highest BCUT2D eigenvalue weighted by Gasteiger charge is 2.21. The van der Waals surface area contributed by atoms with E-state index in [1.165, 1.54) is 6.42 Å². The van der Waals surface area contributed by atoms with E-state index in [1.807, 2.05) is 11.6 Å². The summed E-state index contributed by atoms with van der Waals surface area (Å²) in [7, 11) is 0. The van der Waals surface area contributed by atoms with E-state index in [-0.39, 0.29) is 6.23 Å². The summed E-state index contributed by atoms with van der Waals surface area (Å²) in [4.78, 5) is 8.85. The Bertz CT molecular complexity index is 548. The van der Waals surface area contributed by atoms with Crippen LogP contribution in [0.15, 0.2) is 10.8 Å². The Hall–Kier alpha value is -1.01. The third-order valence-corrected chi connectivity index (χ3v) is 3.44. The molecule has 0 aromatic carbocycles. The van der Waals surface area contributed by atoms with Gasteiger partial charge in [-0.2, -0.15) is 5.10 Å². The SMILES string of the molecule is Cc1cnc2c(n1)c(Br)nn2[C@@H]1CCCCO1. The third kappa shape index (κ3) is 1.95. The van der Waals surface area contributed by atoms with Crippen molar-refractivity contribution in [3.05, 3.63) is 16.5 Å². The van der Waals surface area contributed by atoms with Crippen LogP contribution in [0.3, 0.4) is 0 Å². The zero-order valence-corrected chi connectivity index (χ0v) is 11.1. The van der Waals surface area contributed by atoms with Crippen LogP contribution in [0, 0.1) is 6.92 Å². The highest BCUT2D eigenvalue weighted by Crippen LogP contribution is 2.28. The minimum atomic E-state index is -0.00504. The molecule has 3 rings (SSSR count). The van der Waals surface area contributed by atoms with Crippen LogP contribution in [-0.4, -0.2) is 26.4 Å². The van der Waals surface area contributed by atoms with Gasteiger partial charge in [0.1, 0.15) is 5.52 Å². The fourth-order valence-electron chi connectivity index (χ4n) is 2.08. The fraction of sp³-hybridized carbons (Fsp3) is 0.545. The first-order chi connectivity index (χ1) is 8.25. The topological polar surface area (TPSA) is 52.8 Å². The molecular weight excluding hydrogens is 284 g/mol. The van der Waals surface area contributed by atoms with Crippen LogP contribution < -0.4 is 0 Å². The van der Waals surface area contributed by atoms with E-state index in [2.05, 4.69) is 31.0 Å². The van der Waals surface area contributed by atoms with Crippen molar-refractivity contribution in [2.45, 2.75) is 32.4 Å². The molecule has 0 unspecified atom stereocenters. The molecule has 90 valence electrons. The van der Waals surface area contributed by atoms with Gasteiger partial charge in [-0.3, -0.25) is 0 Å². The van der Waals surface area contributed by atoms with E-state index in [1.54, 1.807) is 6.20 Å². The molecule has 3 heterocycles. The van der Waals surface area contributed by atoms with E-state index in [0.29, 0.717) is 0 Å². The second kappa shape index (κ2) is 4.34. The summed E-state index contributed by atoms with van der Waals surface area (Å²) in [5, 5.41) is 4.44. The van der Waals surface area contributed by atoms with Crippen molar-refractivity contribution in [2.75, 3.05) is 6.61 Å². The van der Waals surface area contributed by atoms with E-state index in [0.717, 1.165) is 40.9 Å². The van der Waals surface area contributed by atoms with E-state index >= 15 is 0 Å². The molecule has 5 nitrogen and oxygen atoms in total. The lowest BCUT2D eigenvalue weighted by Crippen LogP contribution is -2.19. The molecule has 0 amide bonds. The minimum absolute atomic E-state index is 0.00504. The Kier molecular flexibility index (Phi) is 2.84. The molecule has 0 N–H and O–H groups in total. The summed E-state index contributed by atoms with van der Waals surface area (Å²) in [6.07, 6.45) is 5.04. The molecule has 1 atom stereocenters. The molecule has 1 saturated heterocycles. The predicted octanol–water partition coefficient (Wildman–Crippen LogP) is 2.60. The lowest BCUT2D eigenvalue weighted by Gasteiger charge is -2.22. The molecule has 1 aliphatic rings. The third-order valence-electron chi connectivity index (χ3n) is 2.91. The number of rotatable bonds is 1. The highest BCUT2D eigenvalue weighted by atomic mass is 79.9. The average Bonchev–Trinajstić information content (AvgIpc) is 2.68. The van der Waals surface area contributed by atoms with Crippen LogP contribution in [0.2, 0.25) is 0 Å². The zero-order chi connectivity index (χ0) is 11.8. The monoisotopic (exact) mass is 296 g/mol. The first-order valence-electron chi connectivity index (χ1n) is 5.74. The van der Waals surface area contributed by atoms with Gasteiger partial charge in [0.15, 0.2) is 16.5 Å². The molecule has 1 fully saturated rings. The molecule has 17 heavy (non-hydrogen) atoms. The van der Waals surface area contributed by atoms with Gasteiger partial charge < -0.3 is 4.74 Å². The average molecular weight is 297 g/mol. The van der Waals surface area contributed by atoms with E-state index < -0.39 is 0 Å². The zero-order valence-electron chi connectivity index (χ0n) is 9.56. The molecule has 0 spiro atoms. The Labute approximate surface area is 107 Å². The predicted molar refractivity (Wildman–Crippen MR) is 66.6 cm³/mol. The van der Waals surface area contributed by atoms with Crippen molar-refractivity contribution in [3.8, 4) is 0 Å². The summed E-state index contributed by atoms with van der Waals surface area (Å²) < 4.78 is 8.30. The number of hydrogen-bond acceptors (Lipinski definition) is 4. The summed E-state index contributed by atoms with van der Waals surface area (Å²) in [5.74, 6) is 0. The van der Waals surface area contributed by atoms with Crippen molar-refractivity contribution in [3.63, 3.8) is 0 Å². The first kappa shape index (κ1) is 11.1. The Balaban J connectivity index is 2.10. The second-order valence-electron chi connectivity index (χ2n) is 4.24. The summed E-state index contributed by atoms with van der Waals surface area (Å²) in [6, 6.07) is 0. The van der Waals surface area contributed by atoms with Crippen LogP contribution in [0.1, 0.15) is 31.2 Å². The summed E-state index contributed by atoms with van der Waals surface area (Å²) in [6.45, 7) is 2.72. The Morgan fingerprint density at radius 2 is 2.35 bits per heavy atom. The molecule has 0 bridgehead atoms. The molecule has 1 aliphatic heterocycles. The highest BCUT2D eigenvalue weighted by molar-refractivity contribution is 9.10. The van der Waals surface area contributed by atoms with Gasteiger partial charge in [-0.15, -0.1) is 0 Å². The molecule has 2 aromatic heterocycles. The van der Waals surface area contributed by atoms with Gasteiger partial charge in [0.25, 0.3) is 0 Å². The second-order valence-corrected chi connectivity index (χ2v) is 4.99. The fourth-order valence-corrected chi connectivity index (χ4v) is 2.52. The number of ether oxygens (including phenoxy) is 1. The molecule has 0 aliphatic carbocycles. The van der Waals surface area contributed by atoms with Crippen LogP contribution in [0.4, 0.5) is 0 Å². The lowest BCUT2D eigenvalue weighted by atomic mass is 10.2. The van der Waals surface area contributed by atoms with Gasteiger partial charge >= 0.3 is 0 Å². The van der Waals surface area contributed by atoms with Gasteiger partial charge in [-0.05, 0) is 42.1 Å². The maximum atomic E-state index is 5.73. The van der Waals surface area contributed by atoms with E-state index in [9.17, 15) is 0 Å². The molecule has 6 heteroatoms. The van der Waals surface area contributed by atoms with E-state index in [4.69, 9.17) is 4.74 Å². The largest absolute Gasteiger partial charge is 0.356 e. The van der Waals surface area contributed by atoms with Crippen LogP contribution in [-0.2, 0) is 4.74 Å². The van der Waals surface area contributed by atoms with Gasteiger partial charge in [0, 0.05) is 6.61 Å². The Morgan fingerprint density at radius 1 is 1.47 bits per heavy atom. The minimum Gasteiger partial charge on any atom is -0.356 e. The van der Waals surface area contributed by atoms with Gasteiger partial charge in [0.05, 0.1) is 11.9 Å². The summed E-state index contributed by atoms with van der Waals surface area (Å²) >= 11 is 3.43. The number of aromatic nitrogens is 4. The molecule has 2 aromatic rings. The van der Waals surface area contributed by atoms with Crippen molar-refractivity contribution >= 4 is 27.1 Å². The first-order valence-corrected chi connectivity index (χ1v) is 6.54. The van der Waals surface area contributed by atoms with Crippen LogP contribution >= 0.6 is 15.9 Å². The molecule has 0 radical (unpaired) electrons. The van der Waals surface area contributed by atoms with Gasteiger partial charge in [0.2, 0.25) is 0 Å². The van der Waals surface area contributed by atoms with Crippen molar-refractivity contribution in [1.82, 2.24) is 19.7 Å². The van der Waals surface area contributed by atoms with Crippen molar-refractivity contribution < 1.29 is 4.74 Å². The van der Waals surface area contributed by atoms with Crippen molar-refractivity contribution in [1.29, 1.82) is 0 Å². The quantitative estimate of drug-likeness (QED) is 0.812. The lowest BCUT2D eigenvalue weighted by molar-refractivity contribution is -0.0371. The van der Waals surface area contributed by atoms with Gasteiger partial charge in [-0.25, -0.2) is 14.6 Å². The molecule has 0 saturated carbocycles. The smallest absolute Gasteiger partial charge is 0.180 e. The number of hydrogen-bond donors (Lipinski definition) is 0. The number of halogens is 1. The Morgan fingerprint density at radius 3 is 3.12 bits per heavy atom. The normalized spacial score (nSPS) is 20.9. The molecular formula is C11H13BrN4O. The maximum Gasteiger partial charge on any atom is 0.180 e. The number of aryl methyl sites for hydroxylation is 1. The number of nitrogens with zero attached hydrogens (tertiary/aromatic N) is 4. The number of fused-ring (bicyclic) bond motifs is 1. The van der Waals surface area contributed by atoms with Crippen molar-refractivity contribution in [2.24, 2.45) is 0 Å². The van der Waals surface area contributed by atoms with Gasteiger partial charge in [-0.1, -0.05) is 0 Å². The van der Waals surface area contributed by atoms with Crippen LogP contribution in [0.5, 0.6) is 0 Å². The maximum absolute atomic E-state index is 5.73. The summed E-state index contributed by atoms with van der Waals surface area (Å²) in [5.41, 5.74) is 2.48. The van der Waals surface area contributed by atoms with Crippen LogP contribution in [0.25, 0.3) is 11.2 Å².